The summed E-state index contributed by atoms with van der Waals surface area (Å²) in [5.41, 5.74) is 0.674. The molecule has 114 valence electrons. The Kier molecular flexibility index (Phi) is 5.09. The molecule has 7 heteroatoms. The summed E-state index contributed by atoms with van der Waals surface area (Å²) in [7, 11) is 0. The fourth-order valence-electron chi connectivity index (χ4n) is 2.42. The number of carbonyl (C=O) groups excluding carboxylic acids is 3. The van der Waals surface area contributed by atoms with Crippen LogP contribution in [0.25, 0.3) is 0 Å². The van der Waals surface area contributed by atoms with Crippen molar-refractivity contribution in [2.24, 2.45) is 5.92 Å². The molecule has 2 N–H and O–H groups in total. The molecule has 0 bridgehead atoms. The number of nitriles is 1. The second kappa shape index (κ2) is 7.22. The lowest BCUT2D eigenvalue weighted by molar-refractivity contribution is -0.131. The quantitative estimate of drug-likeness (QED) is 0.753. The van der Waals surface area contributed by atoms with Gasteiger partial charge in [0.05, 0.1) is 18.5 Å². The Labute approximate surface area is 127 Å². The minimum Gasteiger partial charge on any atom is -0.350 e. The number of hydrogen-bond donors (Lipinski definition) is 2. The van der Waals surface area contributed by atoms with Gasteiger partial charge in [-0.15, -0.1) is 0 Å². The molecular formula is C15H16N4O3. The van der Waals surface area contributed by atoms with E-state index in [9.17, 15) is 14.4 Å². The fraction of sp³-hybridized carbons (Fsp3) is 0.333. The second-order valence-electron chi connectivity index (χ2n) is 4.98. The summed E-state index contributed by atoms with van der Waals surface area (Å²) in [6.07, 6.45) is 0.719. The molecule has 0 saturated carbocycles. The van der Waals surface area contributed by atoms with Gasteiger partial charge in [0.2, 0.25) is 18.2 Å². The van der Waals surface area contributed by atoms with Crippen molar-refractivity contribution in [3.05, 3.63) is 30.3 Å². The highest BCUT2D eigenvalue weighted by atomic mass is 16.2. The maximum Gasteiger partial charge on any atom is 0.243 e. The van der Waals surface area contributed by atoms with E-state index in [2.05, 4.69) is 10.6 Å². The lowest BCUT2D eigenvalue weighted by Gasteiger charge is -2.19. The zero-order chi connectivity index (χ0) is 15.9. The molecule has 2 atom stereocenters. The Balaban J connectivity index is 1.99. The number of amides is 3. The van der Waals surface area contributed by atoms with Gasteiger partial charge in [-0.05, 0) is 18.6 Å². The average molecular weight is 300 g/mol. The normalized spacial score (nSPS) is 20.0. The van der Waals surface area contributed by atoms with E-state index in [-0.39, 0.29) is 24.9 Å². The maximum atomic E-state index is 12.2. The van der Waals surface area contributed by atoms with Crippen LogP contribution in [0.2, 0.25) is 0 Å². The predicted octanol–water partition coefficient (Wildman–Crippen LogP) is 0.112. The molecule has 1 aromatic rings. The van der Waals surface area contributed by atoms with Gasteiger partial charge in [0.25, 0.3) is 0 Å². The summed E-state index contributed by atoms with van der Waals surface area (Å²) in [6, 6.07) is 10.4. The third-order valence-electron chi connectivity index (χ3n) is 3.52. The molecule has 7 nitrogen and oxygen atoms in total. The zero-order valence-corrected chi connectivity index (χ0v) is 11.9. The van der Waals surface area contributed by atoms with E-state index in [1.54, 1.807) is 12.1 Å². The van der Waals surface area contributed by atoms with Crippen LogP contribution in [0.1, 0.15) is 6.42 Å². The number of rotatable bonds is 5. The third kappa shape index (κ3) is 3.61. The van der Waals surface area contributed by atoms with Crippen LogP contribution in [0.3, 0.4) is 0 Å². The molecule has 2 unspecified atom stereocenters. The SMILES string of the molecule is N#CC1CC(C(=O)Nc2ccccc2)CN1C(=O)CNC=O. The summed E-state index contributed by atoms with van der Waals surface area (Å²) >= 11 is 0. The topological polar surface area (TPSA) is 102 Å². The zero-order valence-electron chi connectivity index (χ0n) is 11.9. The minimum absolute atomic E-state index is 0.172. The molecule has 1 heterocycles. The number of para-hydroxylation sites is 1. The highest BCUT2D eigenvalue weighted by Gasteiger charge is 2.38. The largest absolute Gasteiger partial charge is 0.350 e. The van der Waals surface area contributed by atoms with Gasteiger partial charge in [-0.1, -0.05) is 18.2 Å². The van der Waals surface area contributed by atoms with Gasteiger partial charge in [-0.3, -0.25) is 14.4 Å². The van der Waals surface area contributed by atoms with E-state index in [0.717, 1.165) is 0 Å². The predicted molar refractivity (Wildman–Crippen MR) is 78.4 cm³/mol. The van der Waals surface area contributed by atoms with E-state index in [1.807, 2.05) is 24.3 Å². The minimum atomic E-state index is -0.646. The van der Waals surface area contributed by atoms with E-state index in [4.69, 9.17) is 5.26 Å². The monoisotopic (exact) mass is 300 g/mol. The van der Waals surface area contributed by atoms with Gasteiger partial charge in [0.1, 0.15) is 6.04 Å². The van der Waals surface area contributed by atoms with Crippen LogP contribution in [0.4, 0.5) is 5.69 Å². The second-order valence-corrected chi connectivity index (χ2v) is 4.98. The number of nitrogens with zero attached hydrogens (tertiary/aromatic N) is 2. The number of nitrogens with one attached hydrogen (secondary N) is 2. The number of carbonyl (C=O) groups is 3. The first-order valence-corrected chi connectivity index (χ1v) is 6.87. The molecule has 1 fully saturated rings. The highest BCUT2D eigenvalue weighted by Crippen LogP contribution is 2.24. The Morgan fingerprint density at radius 3 is 2.73 bits per heavy atom. The van der Waals surface area contributed by atoms with Gasteiger partial charge in [0, 0.05) is 12.2 Å². The third-order valence-corrected chi connectivity index (χ3v) is 3.52. The van der Waals surface area contributed by atoms with Gasteiger partial charge >= 0.3 is 0 Å². The number of anilines is 1. The van der Waals surface area contributed by atoms with Crippen molar-refractivity contribution in [1.29, 1.82) is 5.26 Å². The Bertz CT molecular complexity index is 597. The first-order chi connectivity index (χ1) is 10.7. The van der Waals surface area contributed by atoms with Crippen molar-refractivity contribution in [2.75, 3.05) is 18.4 Å². The van der Waals surface area contributed by atoms with Crippen molar-refractivity contribution in [1.82, 2.24) is 10.2 Å². The molecule has 0 spiro atoms. The Morgan fingerprint density at radius 2 is 2.09 bits per heavy atom. The van der Waals surface area contributed by atoms with Gasteiger partial charge in [0.15, 0.2) is 0 Å². The first-order valence-electron chi connectivity index (χ1n) is 6.87. The van der Waals surface area contributed by atoms with E-state index in [1.165, 1.54) is 4.90 Å². The number of hydrogen-bond acceptors (Lipinski definition) is 4. The molecule has 1 aliphatic rings. The van der Waals surface area contributed by atoms with E-state index in [0.29, 0.717) is 18.5 Å². The maximum absolute atomic E-state index is 12.2. The van der Waals surface area contributed by atoms with Crippen molar-refractivity contribution in [3.63, 3.8) is 0 Å². The van der Waals surface area contributed by atoms with Crippen molar-refractivity contribution in [3.8, 4) is 6.07 Å². The summed E-state index contributed by atoms with van der Waals surface area (Å²) in [5.74, 6) is -1.02. The summed E-state index contributed by atoms with van der Waals surface area (Å²) in [4.78, 5) is 35.7. The van der Waals surface area contributed by atoms with Crippen molar-refractivity contribution in [2.45, 2.75) is 12.5 Å². The van der Waals surface area contributed by atoms with Crippen LogP contribution in [-0.4, -0.2) is 42.3 Å². The summed E-state index contributed by atoms with van der Waals surface area (Å²) in [5, 5.41) is 14.2. The Morgan fingerprint density at radius 1 is 1.36 bits per heavy atom. The first kappa shape index (κ1) is 15.5. The van der Waals surface area contributed by atoms with Crippen LogP contribution in [-0.2, 0) is 14.4 Å². The van der Waals surface area contributed by atoms with Crippen LogP contribution >= 0.6 is 0 Å². The van der Waals surface area contributed by atoms with Gasteiger partial charge in [-0.2, -0.15) is 5.26 Å². The molecule has 0 aromatic heterocycles. The average Bonchev–Trinajstić information content (AvgIpc) is 2.98. The van der Waals surface area contributed by atoms with Gasteiger partial charge in [-0.25, -0.2) is 0 Å². The van der Waals surface area contributed by atoms with E-state index < -0.39 is 12.0 Å². The molecule has 22 heavy (non-hydrogen) atoms. The lowest BCUT2D eigenvalue weighted by atomic mass is 10.1. The van der Waals surface area contributed by atoms with Crippen LogP contribution in [0.5, 0.6) is 0 Å². The Hall–Kier alpha value is -2.88. The lowest BCUT2D eigenvalue weighted by Crippen LogP contribution is -2.41. The van der Waals surface area contributed by atoms with Crippen LogP contribution < -0.4 is 10.6 Å². The molecular weight excluding hydrogens is 284 g/mol. The van der Waals surface area contributed by atoms with E-state index >= 15 is 0 Å². The fourth-order valence-corrected chi connectivity index (χ4v) is 2.42. The van der Waals surface area contributed by atoms with Crippen molar-refractivity contribution < 1.29 is 14.4 Å². The summed E-state index contributed by atoms with van der Waals surface area (Å²) < 4.78 is 0. The molecule has 1 aliphatic heterocycles. The van der Waals surface area contributed by atoms with Crippen LogP contribution in [0, 0.1) is 17.2 Å². The number of likely N-dealkylation sites (tertiary alicyclic amines) is 1. The standard InChI is InChI=1S/C15H16N4O3/c16-7-13-6-11(9-19(13)14(21)8-17-10-20)15(22)18-12-4-2-1-3-5-12/h1-5,10-11,13H,6,8-9H2,(H,17,20)(H,18,22). The van der Waals surface area contributed by atoms with Crippen molar-refractivity contribution >= 4 is 23.9 Å². The molecule has 1 saturated heterocycles. The highest BCUT2D eigenvalue weighted by molar-refractivity contribution is 5.93. The molecule has 3 amide bonds. The smallest absolute Gasteiger partial charge is 0.243 e. The van der Waals surface area contributed by atoms with Gasteiger partial charge < -0.3 is 15.5 Å². The summed E-state index contributed by atoms with van der Waals surface area (Å²) in [6.45, 7) is 0.00493. The molecule has 0 aliphatic carbocycles. The molecule has 0 radical (unpaired) electrons. The molecule has 1 aromatic carbocycles. The number of benzene rings is 1. The molecule has 2 rings (SSSR count). The van der Waals surface area contributed by atoms with Crippen LogP contribution in [0.15, 0.2) is 30.3 Å².